The number of benzene rings is 2. The second kappa shape index (κ2) is 4.27. The fourth-order valence-corrected chi connectivity index (χ4v) is 1.98. The number of nitriles is 1. The van der Waals surface area contributed by atoms with Gasteiger partial charge < -0.3 is 4.84 Å². The fourth-order valence-electron chi connectivity index (χ4n) is 1.98. The van der Waals surface area contributed by atoms with Gasteiger partial charge in [-0.25, -0.2) is 5.48 Å². The molecule has 0 aromatic heterocycles. The average molecular weight is 234 g/mol. The van der Waals surface area contributed by atoms with E-state index in [2.05, 4.69) is 11.5 Å². The van der Waals surface area contributed by atoms with Gasteiger partial charge in [0.15, 0.2) is 5.75 Å². The summed E-state index contributed by atoms with van der Waals surface area (Å²) in [6.07, 6.45) is 0. The molecule has 0 atom stereocenters. The van der Waals surface area contributed by atoms with E-state index in [0.29, 0.717) is 17.0 Å². The highest BCUT2D eigenvalue weighted by Crippen LogP contribution is 2.33. The molecule has 0 amide bonds. The van der Waals surface area contributed by atoms with Gasteiger partial charge in [-0.1, -0.05) is 42.5 Å². The molecule has 1 N–H and O–H groups in total. The number of hydrogen-bond acceptors (Lipinski definition) is 3. The molecule has 0 fully saturated rings. The van der Waals surface area contributed by atoms with E-state index in [-0.39, 0.29) is 0 Å². The highest BCUT2D eigenvalue weighted by molar-refractivity contribution is 5.98. The summed E-state index contributed by atoms with van der Waals surface area (Å²) in [5, 5.41) is 9.37. The molecule has 3 rings (SSSR count). The van der Waals surface area contributed by atoms with Crippen molar-refractivity contribution in [1.29, 1.82) is 5.26 Å². The maximum Gasteiger partial charge on any atom is 0.163 e. The average Bonchev–Trinajstić information content (AvgIpc) is 2.47. The maximum absolute atomic E-state index is 9.37. The van der Waals surface area contributed by atoms with Gasteiger partial charge in [-0.05, 0) is 12.1 Å². The lowest BCUT2D eigenvalue weighted by Gasteiger charge is -2.21. The van der Waals surface area contributed by atoms with E-state index in [1.54, 1.807) is 0 Å². The third kappa shape index (κ3) is 1.61. The molecule has 0 aliphatic carbocycles. The summed E-state index contributed by atoms with van der Waals surface area (Å²) in [6, 6.07) is 19.4. The first-order chi connectivity index (χ1) is 8.90. The van der Waals surface area contributed by atoms with Crippen LogP contribution in [0.4, 0.5) is 0 Å². The summed E-state index contributed by atoms with van der Waals surface area (Å²) < 4.78 is 0. The molecule has 0 bridgehead atoms. The van der Waals surface area contributed by atoms with Crippen LogP contribution in [-0.2, 0) is 0 Å². The van der Waals surface area contributed by atoms with E-state index >= 15 is 0 Å². The van der Waals surface area contributed by atoms with Crippen LogP contribution in [0.25, 0.3) is 11.3 Å². The summed E-state index contributed by atoms with van der Waals surface area (Å²) in [7, 11) is 0. The number of hydrogen-bond donors (Lipinski definition) is 1. The first-order valence-electron chi connectivity index (χ1n) is 5.62. The van der Waals surface area contributed by atoms with Crippen molar-refractivity contribution < 1.29 is 4.84 Å². The van der Waals surface area contributed by atoms with E-state index in [4.69, 9.17) is 4.84 Å². The van der Waals surface area contributed by atoms with Crippen molar-refractivity contribution in [2.75, 3.05) is 0 Å². The predicted molar refractivity (Wildman–Crippen MR) is 69.1 cm³/mol. The Morgan fingerprint density at radius 1 is 0.944 bits per heavy atom. The van der Waals surface area contributed by atoms with Gasteiger partial charge in [0.2, 0.25) is 0 Å². The summed E-state index contributed by atoms with van der Waals surface area (Å²) in [4.78, 5) is 5.46. The van der Waals surface area contributed by atoms with Gasteiger partial charge in [-0.15, -0.1) is 0 Å². The van der Waals surface area contributed by atoms with Gasteiger partial charge in [0, 0.05) is 11.1 Å². The molecule has 18 heavy (non-hydrogen) atoms. The minimum absolute atomic E-state index is 0.600. The molecular weight excluding hydrogens is 224 g/mol. The molecule has 1 heterocycles. The van der Waals surface area contributed by atoms with Crippen LogP contribution in [0.2, 0.25) is 0 Å². The van der Waals surface area contributed by atoms with Crippen molar-refractivity contribution >= 4 is 11.3 Å². The van der Waals surface area contributed by atoms with Crippen molar-refractivity contribution in [3.63, 3.8) is 0 Å². The van der Waals surface area contributed by atoms with Crippen LogP contribution >= 0.6 is 0 Å². The van der Waals surface area contributed by atoms with Crippen LogP contribution in [0, 0.1) is 11.3 Å². The van der Waals surface area contributed by atoms with Crippen molar-refractivity contribution in [2.45, 2.75) is 0 Å². The Hall–Kier alpha value is -2.73. The van der Waals surface area contributed by atoms with Crippen LogP contribution in [-0.4, -0.2) is 0 Å². The van der Waals surface area contributed by atoms with Gasteiger partial charge >= 0.3 is 0 Å². The SMILES string of the molecule is N#CC1=C(c2ccccc2)NOc2ccccc21. The lowest BCUT2D eigenvalue weighted by Crippen LogP contribution is -2.22. The fraction of sp³-hybridized carbons (Fsp3) is 0. The van der Waals surface area contributed by atoms with Gasteiger partial charge in [-0.3, -0.25) is 0 Å². The van der Waals surface area contributed by atoms with Gasteiger partial charge in [0.05, 0.1) is 11.3 Å². The maximum atomic E-state index is 9.37. The third-order valence-corrected chi connectivity index (χ3v) is 2.84. The van der Waals surface area contributed by atoms with Crippen LogP contribution in [0.5, 0.6) is 5.75 Å². The van der Waals surface area contributed by atoms with E-state index in [1.807, 2.05) is 54.6 Å². The normalized spacial score (nSPS) is 13.1. The largest absolute Gasteiger partial charge is 0.381 e. The predicted octanol–water partition coefficient (Wildman–Crippen LogP) is 2.98. The highest BCUT2D eigenvalue weighted by Gasteiger charge is 2.20. The Morgan fingerprint density at radius 3 is 2.44 bits per heavy atom. The first-order valence-corrected chi connectivity index (χ1v) is 5.62. The zero-order valence-electron chi connectivity index (χ0n) is 9.55. The van der Waals surface area contributed by atoms with Crippen LogP contribution in [0.1, 0.15) is 11.1 Å². The molecule has 0 radical (unpaired) electrons. The quantitative estimate of drug-likeness (QED) is 0.825. The Balaban J connectivity index is 2.21. The molecule has 1 aliphatic rings. The number of allylic oxidation sites excluding steroid dienone is 1. The zero-order chi connectivity index (χ0) is 12.4. The third-order valence-electron chi connectivity index (χ3n) is 2.84. The molecule has 2 aromatic carbocycles. The number of fused-ring (bicyclic) bond motifs is 1. The Labute approximate surface area is 105 Å². The van der Waals surface area contributed by atoms with Crippen molar-refractivity contribution in [2.24, 2.45) is 0 Å². The lowest BCUT2D eigenvalue weighted by atomic mass is 9.99. The summed E-state index contributed by atoms with van der Waals surface area (Å²) in [5.41, 5.74) is 5.91. The van der Waals surface area contributed by atoms with Crippen molar-refractivity contribution in [3.8, 4) is 11.8 Å². The summed E-state index contributed by atoms with van der Waals surface area (Å²) in [6.45, 7) is 0. The number of para-hydroxylation sites is 1. The molecule has 86 valence electrons. The molecule has 0 saturated carbocycles. The molecule has 3 heteroatoms. The molecule has 2 aromatic rings. The second-order valence-corrected chi connectivity index (χ2v) is 3.93. The second-order valence-electron chi connectivity index (χ2n) is 3.93. The van der Waals surface area contributed by atoms with Crippen LogP contribution in [0.3, 0.4) is 0 Å². The monoisotopic (exact) mass is 234 g/mol. The van der Waals surface area contributed by atoms with E-state index < -0.39 is 0 Å². The minimum Gasteiger partial charge on any atom is -0.381 e. The Bertz CT molecular complexity index is 654. The molecule has 1 aliphatic heterocycles. The zero-order valence-corrected chi connectivity index (χ0v) is 9.55. The van der Waals surface area contributed by atoms with Crippen molar-refractivity contribution in [1.82, 2.24) is 5.48 Å². The first kappa shape index (κ1) is 10.4. The van der Waals surface area contributed by atoms with Crippen LogP contribution < -0.4 is 10.3 Å². The number of rotatable bonds is 1. The number of nitrogens with zero attached hydrogens (tertiary/aromatic N) is 1. The van der Waals surface area contributed by atoms with E-state index in [1.165, 1.54) is 0 Å². The molecular formula is C15H10N2O. The molecule has 0 spiro atoms. The van der Waals surface area contributed by atoms with Crippen molar-refractivity contribution in [3.05, 3.63) is 65.7 Å². The molecule has 0 saturated heterocycles. The number of hydroxylamine groups is 1. The topological polar surface area (TPSA) is 45.0 Å². The standard InChI is InChI=1S/C15H10N2O/c16-10-13-12-8-4-5-9-14(12)18-17-15(13)11-6-2-1-3-7-11/h1-9,17H. The van der Waals surface area contributed by atoms with E-state index in [0.717, 1.165) is 11.1 Å². The van der Waals surface area contributed by atoms with Gasteiger partial charge in [0.25, 0.3) is 0 Å². The minimum atomic E-state index is 0.600. The van der Waals surface area contributed by atoms with E-state index in [9.17, 15) is 5.26 Å². The lowest BCUT2D eigenvalue weighted by molar-refractivity contribution is 0.248. The smallest absolute Gasteiger partial charge is 0.163 e. The van der Waals surface area contributed by atoms with Gasteiger partial charge in [-0.2, -0.15) is 5.26 Å². The Kier molecular flexibility index (Phi) is 2.47. The molecule has 0 unspecified atom stereocenters. The summed E-state index contributed by atoms with van der Waals surface area (Å²) >= 11 is 0. The van der Waals surface area contributed by atoms with Crippen LogP contribution in [0.15, 0.2) is 54.6 Å². The van der Waals surface area contributed by atoms with Gasteiger partial charge in [0.1, 0.15) is 6.07 Å². The summed E-state index contributed by atoms with van der Waals surface area (Å²) in [5.74, 6) is 0.675. The Morgan fingerprint density at radius 2 is 1.67 bits per heavy atom. The number of nitrogens with one attached hydrogen (secondary N) is 1. The highest BCUT2D eigenvalue weighted by atomic mass is 16.6. The molecule has 3 nitrogen and oxygen atoms in total.